The van der Waals surface area contributed by atoms with Gasteiger partial charge in [0, 0.05) is 18.6 Å². The summed E-state index contributed by atoms with van der Waals surface area (Å²) in [7, 11) is 0. The highest BCUT2D eigenvalue weighted by molar-refractivity contribution is 4.82. The van der Waals surface area contributed by atoms with E-state index in [0.717, 1.165) is 18.5 Å². The lowest BCUT2D eigenvalue weighted by Gasteiger charge is -2.32. The summed E-state index contributed by atoms with van der Waals surface area (Å²) in [4.78, 5) is 0. The molecule has 0 saturated heterocycles. The Labute approximate surface area is 87.6 Å². The molecule has 0 aromatic carbocycles. The van der Waals surface area contributed by atoms with Crippen molar-refractivity contribution in [2.45, 2.75) is 63.5 Å². The van der Waals surface area contributed by atoms with Gasteiger partial charge in [0.05, 0.1) is 0 Å². The summed E-state index contributed by atoms with van der Waals surface area (Å²) in [6, 6.07) is 1.21. The number of hydrogen-bond donors (Lipinski definition) is 2. The Balaban J connectivity index is 1.62. The van der Waals surface area contributed by atoms with Crippen LogP contribution < -0.4 is 11.1 Å². The molecule has 2 fully saturated rings. The van der Waals surface area contributed by atoms with E-state index in [4.69, 9.17) is 5.73 Å². The molecule has 82 valence electrons. The van der Waals surface area contributed by atoms with Crippen LogP contribution in [0.2, 0.25) is 0 Å². The maximum Gasteiger partial charge on any atom is 0.0194 e. The molecular weight excluding hydrogens is 172 g/mol. The van der Waals surface area contributed by atoms with Crippen LogP contribution in [0.1, 0.15) is 51.4 Å². The first-order valence-corrected chi connectivity index (χ1v) is 6.35. The summed E-state index contributed by atoms with van der Waals surface area (Å²) in [6.45, 7) is 1.05. The fourth-order valence-corrected chi connectivity index (χ4v) is 2.64. The van der Waals surface area contributed by atoms with Crippen molar-refractivity contribution >= 4 is 0 Å². The first kappa shape index (κ1) is 10.4. The molecule has 0 amide bonds. The Kier molecular flexibility index (Phi) is 3.82. The molecule has 0 radical (unpaired) electrons. The quantitative estimate of drug-likeness (QED) is 0.722. The number of hydrogen-bond acceptors (Lipinski definition) is 2. The molecule has 0 aromatic rings. The van der Waals surface area contributed by atoms with Crippen LogP contribution in [0.5, 0.6) is 0 Å². The third-order valence-electron chi connectivity index (χ3n) is 4.00. The minimum absolute atomic E-state index is 0.413. The van der Waals surface area contributed by atoms with E-state index < -0.39 is 0 Å². The maximum atomic E-state index is 6.21. The minimum Gasteiger partial charge on any atom is -0.326 e. The summed E-state index contributed by atoms with van der Waals surface area (Å²) in [6.07, 6.45) is 11.1. The summed E-state index contributed by atoms with van der Waals surface area (Å²) < 4.78 is 0. The van der Waals surface area contributed by atoms with E-state index in [0.29, 0.717) is 6.04 Å². The van der Waals surface area contributed by atoms with E-state index in [1.807, 2.05) is 0 Å². The van der Waals surface area contributed by atoms with Gasteiger partial charge in [0.1, 0.15) is 0 Å². The topological polar surface area (TPSA) is 38.0 Å². The third-order valence-corrected chi connectivity index (χ3v) is 4.00. The van der Waals surface area contributed by atoms with Gasteiger partial charge in [-0.1, -0.05) is 25.7 Å². The highest BCUT2D eigenvalue weighted by atomic mass is 15.0. The van der Waals surface area contributed by atoms with Crippen molar-refractivity contribution in [1.29, 1.82) is 0 Å². The monoisotopic (exact) mass is 196 g/mol. The Hall–Kier alpha value is -0.0800. The molecule has 2 aliphatic carbocycles. The molecule has 0 aromatic heterocycles. The van der Waals surface area contributed by atoms with E-state index in [9.17, 15) is 0 Å². The van der Waals surface area contributed by atoms with Crippen LogP contribution >= 0.6 is 0 Å². The van der Waals surface area contributed by atoms with Crippen LogP contribution in [0.15, 0.2) is 0 Å². The standard InChI is InChI=1S/C12H24N2/c13-12(9-14-11-7-4-8-11)10-5-2-1-3-6-10/h10-12,14H,1-9,13H2. The third kappa shape index (κ3) is 2.71. The van der Waals surface area contributed by atoms with Crippen LogP contribution in [0, 0.1) is 5.92 Å². The van der Waals surface area contributed by atoms with Crippen molar-refractivity contribution in [3.63, 3.8) is 0 Å². The molecule has 0 spiro atoms. The fraction of sp³-hybridized carbons (Fsp3) is 1.00. The second-order valence-corrected chi connectivity index (χ2v) is 5.10. The first-order chi connectivity index (χ1) is 6.86. The molecular formula is C12H24N2. The number of nitrogens with two attached hydrogens (primary N) is 1. The zero-order valence-electron chi connectivity index (χ0n) is 9.17. The lowest BCUT2D eigenvalue weighted by Crippen LogP contribution is -2.46. The average Bonchev–Trinajstić information content (AvgIpc) is 2.16. The zero-order chi connectivity index (χ0) is 9.80. The first-order valence-electron chi connectivity index (χ1n) is 6.35. The Bertz CT molecular complexity index is 160. The molecule has 2 rings (SSSR count). The predicted molar refractivity (Wildman–Crippen MR) is 60.2 cm³/mol. The molecule has 0 heterocycles. The zero-order valence-corrected chi connectivity index (χ0v) is 9.17. The van der Waals surface area contributed by atoms with Gasteiger partial charge in [-0.25, -0.2) is 0 Å². The molecule has 0 bridgehead atoms. The Morgan fingerprint density at radius 1 is 1.00 bits per heavy atom. The summed E-state index contributed by atoms with van der Waals surface area (Å²) in [5.74, 6) is 0.802. The van der Waals surface area contributed by atoms with Crippen LogP contribution in [0.4, 0.5) is 0 Å². The molecule has 2 nitrogen and oxygen atoms in total. The average molecular weight is 196 g/mol. The van der Waals surface area contributed by atoms with Crippen molar-refractivity contribution in [2.24, 2.45) is 11.7 Å². The lowest BCUT2D eigenvalue weighted by molar-refractivity contribution is 0.269. The highest BCUT2D eigenvalue weighted by Crippen LogP contribution is 2.26. The smallest absolute Gasteiger partial charge is 0.0194 e. The van der Waals surface area contributed by atoms with E-state index in [2.05, 4.69) is 5.32 Å². The summed E-state index contributed by atoms with van der Waals surface area (Å²) in [5.41, 5.74) is 6.21. The van der Waals surface area contributed by atoms with Gasteiger partial charge in [-0.2, -0.15) is 0 Å². The maximum absolute atomic E-state index is 6.21. The Morgan fingerprint density at radius 2 is 1.71 bits per heavy atom. The largest absolute Gasteiger partial charge is 0.326 e. The molecule has 2 saturated carbocycles. The molecule has 1 atom stereocenters. The van der Waals surface area contributed by atoms with Crippen LogP contribution in [0.3, 0.4) is 0 Å². The summed E-state index contributed by atoms with van der Waals surface area (Å²) in [5, 5.41) is 3.59. The van der Waals surface area contributed by atoms with Crippen LogP contribution in [0.25, 0.3) is 0 Å². The fourth-order valence-electron chi connectivity index (χ4n) is 2.64. The minimum atomic E-state index is 0.413. The normalized spacial score (nSPS) is 27.2. The highest BCUT2D eigenvalue weighted by Gasteiger charge is 2.22. The van der Waals surface area contributed by atoms with Gasteiger partial charge in [0.25, 0.3) is 0 Å². The van der Waals surface area contributed by atoms with Gasteiger partial charge in [0.2, 0.25) is 0 Å². The predicted octanol–water partition coefficient (Wildman–Crippen LogP) is 2.04. The van der Waals surface area contributed by atoms with Crippen molar-refractivity contribution in [1.82, 2.24) is 5.32 Å². The van der Waals surface area contributed by atoms with Crippen molar-refractivity contribution in [2.75, 3.05) is 6.54 Å². The van der Waals surface area contributed by atoms with E-state index in [1.54, 1.807) is 0 Å². The molecule has 3 N–H and O–H groups in total. The van der Waals surface area contributed by atoms with Crippen molar-refractivity contribution in [3.05, 3.63) is 0 Å². The summed E-state index contributed by atoms with van der Waals surface area (Å²) >= 11 is 0. The molecule has 2 heteroatoms. The number of rotatable bonds is 4. The molecule has 14 heavy (non-hydrogen) atoms. The van der Waals surface area contributed by atoms with Crippen LogP contribution in [-0.2, 0) is 0 Å². The van der Waals surface area contributed by atoms with E-state index >= 15 is 0 Å². The van der Waals surface area contributed by atoms with Crippen molar-refractivity contribution < 1.29 is 0 Å². The van der Waals surface area contributed by atoms with E-state index in [1.165, 1.54) is 51.4 Å². The van der Waals surface area contributed by atoms with Gasteiger partial charge in [-0.3, -0.25) is 0 Å². The van der Waals surface area contributed by atoms with Gasteiger partial charge in [0.15, 0.2) is 0 Å². The van der Waals surface area contributed by atoms with Crippen LogP contribution in [-0.4, -0.2) is 18.6 Å². The molecule has 2 aliphatic rings. The molecule has 1 unspecified atom stereocenters. The second kappa shape index (κ2) is 5.13. The Morgan fingerprint density at radius 3 is 2.29 bits per heavy atom. The lowest BCUT2D eigenvalue weighted by atomic mass is 9.84. The van der Waals surface area contributed by atoms with E-state index in [-0.39, 0.29) is 0 Å². The van der Waals surface area contributed by atoms with Gasteiger partial charge < -0.3 is 11.1 Å². The second-order valence-electron chi connectivity index (χ2n) is 5.10. The van der Waals surface area contributed by atoms with Crippen molar-refractivity contribution in [3.8, 4) is 0 Å². The number of nitrogens with one attached hydrogen (secondary N) is 1. The SMILES string of the molecule is NC(CNC1CCC1)C1CCCCC1. The molecule has 0 aliphatic heterocycles. The van der Waals surface area contributed by atoms with Gasteiger partial charge in [-0.15, -0.1) is 0 Å². The van der Waals surface area contributed by atoms with Gasteiger partial charge in [-0.05, 0) is 31.6 Å². The van der Waals surface area contributed by atoms with Gasteiger partial charge >= 0.3 is 0 Å².